The second-order valence-electron chi connectivity index (χ2n) is 7.28. The van der Waals surface area contributed by atoms with Gasteiger partial charge in [0.2, 0.25) is 0 Å². The predicted octanol–water partition coefficient (Wildman–Crippen LogP) is 4.09. The van der Waals surface area contributed by atoms with Gasteiger partial charge in [0.15, 0.2) is 0 Å². The number of aliphatic hydroxyl groups is 1. The molecule has 2 aromatic heterocycles. The molecule has 0 bridgehead atoms. The fourth-order valence-corrected chi connectivity index (χ4v) is 3.83. The average Bonchev–Trinajstić information content (AvgIpc) is 3.42. The Morgan fingerprint density at radius 1 is 1.09 bits per heavy atom. The number of benzene rings is 1. The van der Waals surface area contributed by atoms with E-state index >= 15 is 0 Å². The third-order valence-corrected chi connectivity index (χ3v) is 5.23. The zero-order valence-corrected chi connectivity index (χ0v) is 18.4. The van der Waals surface area contributed by atoms with Crippen molar-refractivity contribution in [3.8, 4) is 11.5 Å². The van der Waals surface area contributed by atoms with E-state index in [1.807, 2.05) is 13.8 Å². The lowest BCUT2D eigenvalue weighted by Gasteiger charge is -2.23. The van der Waals surface area contributed by atoms with Crippen LogP contribution in [0, 0.1) is 0 Å². The molecular weight excluding hydrogens is 424 g/mol. The highest BCUT2D eigenvalue weighted by Crippen LogP contribution is 2.41. The van der Waals surface area contributed by atoms with Crippen molar-refractivity contribution in [2.75, 3.05) is 13.2 Å². The van der Waals surface area contributed by atoms with E-state index in [0.717, 1.165) is 0 Å². The van der Waals surface area contributed by atoms with E-state index in [0.29, 0.717) is 36.2 Å². The highest BCUT2D eigenvalue weighted by Gasteiger charge is 2.47. The minimum absolute atomic E-state index is 0.0528. The van der Waals surface area contributed by atoms with Crippen LogP contribution in [0.3, 0.4) is 0 Å². The monoisotopic (exact) mass is 448 g/mol. The van der Waals surface area contributed by atoms with Crippen LogP contribution in [0.2, 0.25) is 0 Å². The maximum Gasteiger partial charge on any atom is 0.296 e. The molecule has 1 fully saturated rings. The first kappa shape index (κ1) is 22.1. The number of carbonyl (C=O) groups excluding carboxylic acids is 2. The van der Waals surface area contributed by atoms with Crippen molar-refractivity contribution in [1.29, 1.82) is 0 Å². The van der Waals surface area contributed by atoms with Gasteiger partial charge in [0.25, 0.3) is 11.7 Å². The van der Waals surface area contributed by atoms with Crippen molar-refractivity contribution in [2.45, 2.75) is 26.4 Å². The number of amides is 1. The van der Waals surface area contributed by atoms with Crippen molar-refractivity contribution in [1.82, 2.24) is 9.88 Å². The Bertz CT molecular complexity index is 1170. The smallest absolute Gasteiger partial charge is 0.296 e. The van der Waals surface area contributed by atoms with Gasteiger partial charge in [0, 0.05) is 12.3 Å². The number of pyridine rings is 1. The summed E-state index contributed by atoms with van der Waals surface area (Å²) in [4.78, 5) is 31.9. The average molecular weight is 448 g/mol. The number of hydrogen-bond acceptors (Lipinski definition) is 7. The summed E-state index contributed by atoms with van der Waals surface area (Å²) in [5, 5.41) is 11.3. The third-order valence-electron chi connectivity index (χ3n) is 5.23. The topological polar surface area (TPSA) is 102 Å². The fraction of sp³-hybridized carbons (Fsp3) is 0.240. The van der Waals surface area contributed by atoms with Gasteiger partial charge in [-0.15, -0.1) is 0 Å². The minimum atomic E-state index is -0.891. The summed E-state index contributed by atoms with van der Waals surface area (Å²) >= 11 is 0. The highest BCUT2D eigenvalue weighted by molar-refractivity contribution is 6.46. The number of aliphatic hydroxyl groups excluding tert-OH is 1. The number of hydrogen-bond donors (Lipinski definition) is 1. The number of ether oxygens (including phenoxy) is 2. The summed E-state index contributed by atoms with van der Waals surface area (Å²) in [6, 6.07) is 12.7. The molecule has 3 aromatic rings. The van der Waals surface area contributed by atoms with Crippen LogP contribution in [0.5, 0.6) is 11.5 Å². The molecule has 1 amide bonds. The molecule has 1 aliphatic heterocycles. The maximum absolute atomic E-state index is 13.1. The van der Waals surface area contributed by atoms with Gasteiger partial charge in [-0.25, -0.2) is 0 Å². The molecule has 8 heteroatoms. The highest BCUT2D eigenvalue weighted by atomic mass is 16.5. The van der Waals surface area contributed by atoms with Gasteiger partial charge in [-0.2, -0.15) is 0 Å². The minimum Gasteiger partial charge on any atom is -0.507 e. The Morgan fingerprint density at radius 2 is 1.91 bits per heavy atom. The number of furan rings is 1. The molecule has 170 valence electrons. The number of nitrogens with zero attached hydrogens (tertiary/aromatic N) is 2. The molecule has 8 nitrogen and oxygen atoms in total. The standard InChI is InChI=1S/C25H24N2O6/c1-3-31-16-10-11-18(20(14-16)32-4-2)23(28)21-22(19-9-5-6-12-26-19)27(25(30)24(21)29)15-17-8-7-13-33-17/h5-14,22,28H,3-4,15H2,1-2H3/b23-21-. The number of carbonyl (C=O) groups is 2. The first-order valence-electron chi connectivity index (χ1n) is 10.7. The fourth-order valence-electron chi connectivity index (χ4n) is 3.83. The van der Waals surface area contributed by atoms with Crippen LogP contribution in [0.4, 0.5) is 0 Å². The molecule has 4 rings (SSSR count). The van der Waals surface area contributed by atoms with Crippen molar-refractivity contribution < 1.29 is 28.6 Å². The van der Waals surface area contributed by atoms with Gasteiger partial charge in [0.1, 0.15) is 29.1 Å². The number of aromatic nitrogens is 1. The second kappa shape index (κ2) is 9.60. The molecule has 0 saturated carbocycles. The second-order valence-corrected chi connectivity index (χ2v) is 7.28. The van der Waals surface area contributed by atoms with E-state index in [1.54, 1.807) is 54.7 Å². The summed E-state index contributed by atoms with van der Waals surface area (Å²) in [5.74, 6) is -0.458. The van der Waals surface area contributed by atoms with Crippen LogP contribution in [0.1, 0.15) is 36.9 Å². The van der Waals surface area contributed by atoms with Crippen LogP contribution in [-0.2, 0) is 16.1 Å². The van der Waals surface area contributed by atoms with E-state index < -0.39 is 17.7 Å². The van der Waals surface area contributed by atoms with Crippen molar-refractivity contribution in [3.63, 3.8) is 0 Å². The Morgan fingerprint density at radius 3 is 2.58 bits per heavy atom. The molecule has 1 atom stereocenters. The number of Topliss-reactive ketones (excluding diaryl/α,β-unsaturated/α-hetero) is 1. The third kappa shape index (κ3) is 4.32. The Labute approximate surface area is 191 Å². The summed E-state index contributed by atoms with van der Waals surface area (Å²) in [6.07, 6.45) is 3.07. The van der Waals surface area contributed by atoms with Crippen LogP contribution in [-0.4, -0.2) is 39.9 Å². The quantitative estimate of drug-likeness (QED) is 0.314. The predicted molar refractivity (Wildman–Crippen MR) is 120 cm³/mol. The molecule has 0 radical (unpaired) electrons. The number of likely N-dealkylation sites (tertiary alicyclic amines) is 1. The van der Waals surface area contributed by atoms with E-state index in [1.165, 1.54) is 11.2 Å². The largest absolute Gasteiger partial charge is 0.507 e. The summed E-state index contributed by atoms with van der Waals surface area (Å²) in [5.41, 5.74) is 0.682. The van der Waals surface area contributed by atoms with Gasteiger partial charge in [-0.05, 0) is 50.2 Å². The number of rotatable bonds is 8. The van der Waals surface area contributed by atoms with Crippen LogP contribution >= 0.6 is 0 Å². The van der Waals surface area contributed by atoms with Gasteiger partial charge in [-0.1, -0.05) is 6.07 Å². The van der Waals surface area contributed by atoms with E-state index in [9.17, 15) is 14.7 Å². The molecule has 1 unspecified atom stereocenters. The molecule has 1 aliphatic rings. The van der Waals surface area contributed by atoms with Crippen LogP contribution in [0.15, 0.2) is 71.0 Å². The summed E-state index contributed by atoms with van der Waals surface area (Å²) < 4.78 is 16.6. The van der Waals surface area contributed by atoms with Gasteiger partial charge in [-0.3, -0.25) is 14.6 Å². The maximum atomic E-state index is 13.1. The zero-order valence-electron chi connectivity index (χ0n) is 18.4. The Kier molecular flexibility index (Phi) is 6.44. The molecule has 33 heavy (non-hydrogen) atoms. The van der Waals surface area contributed by atoms with Gasteiger partial charge >= 0.3 is 0 Å². The van der Waals surface area contributed by atoms with Gasteiger partial charge < -0.3 is 23.9 Å². The van der Waals surface area contributed by atoms with Crippen molar-refractivity contribution in [3.05, 3.63) is 83.6 Å². The molecule has 3 heterocycles. The lowest BCUT2D eigenvalue weighted by molar-refractivity contribution is -0.140. The lowest BCUT2D eigenvalue weighted by Crippen LogP contribution is -2.29. The van der Waals surface area contributed by atoms with Crippen LogP contribution < -0.4 is 9.47 Å². The lowest BCUT2D eigenvalue weighted by atomic mass is 9.97. The zero-order chi connectivity index (χ0) is 23.4. The van der Waals surface area contributed by atoms with E-state index in [4.69, 9.17) is 13.9 Å². The molecule has 1 N–H and O–H groups in total. The summed E-state index contributed by atoms with van der Waals surface area (Å²) in [7, 11) is 0. The molecule has 0 aliphatic carbocycles. The van der Waals surface area contributed by atoms with Crippen molar-refractivity contribution >= 4 is 17.4 Å². The molecule has 1 aromatic carbocycles. The van der Waals surface area contributed by atoms with Crippen molar-refractivity contribution in [2.24, 2.45) is 0 Å². The Balaban J connectivity index is 1.86. The molecular formula is C25H24N2O6. The van der Waals surface area contributed by atoms with E-state index in [-0.39, 0.29) is 23.4 Å². The van der Waals surface area contributed by atoms with Gasteiger partial charge in [0.05, 0.1) is 42.9 Å². The first-order valence-corrected chi connectivity index (χ1v) is 10.7. The molecule has 1 saturated heterocycles. The van der Waals surface area contributed by atoms with Crippen LogP contribution in [0.25, 0.3) is 5.76 Å². The molecule has 0 spiro atoms. The Hall–Kier alpha value is -4.07. The first-order chi connectivity index (χ1) is 16.0. The summed E-state index contributed by atoms with van der Waals surface area (Å²) in [6.45, 7) is 4.53. The van der Waals surface area contributed by atoms with E-state index in [2.05, 4.69) is 4.98 Å². The SMILES string of the molecule is CCOc1ccc(/C(O)=C2/C(=O)C(=O)N(Cc3ccco3)C2c2ccccn2)c(OCC)c1. The number of ketones is 1. The normalized spacial score (nSPS) is 17.4.